The van der Waals surface area contributed by atoms with E-state index < -0.39 is 18.4 Å². The quantitative estimate of drug-likeness (QED) is 0.651. The molecule has 2 aromatic rings. The van der Waals surface area contributed by atoms with Gasteiger partial charge in [-0.1, -0.05) is 12.1 Å². The van der Waals surface area contributed by atoms with Crippen LogP contribution >= 0.6 is 0 Å². The molecule has 0 heterocycles. The average molecular weight is 316 g/mol. The number of phenolic OH excluding ortho intramolecular Hbond substituents is 1. The Labute approximate surface area is 133 Å². The Kier molecular flexibility index (Phi) is 5.19. The van der Waals surface area contributed by atoms with Gasteiger partial charge in [-0.25, -0.2) is 4.79 Å². The van der Waals surface area contributed by atoms with Gasteiger partial charge in [0.15, 0.2) is 23.9 Å². The number of methoxy groups -OCH3 is 2. The fourth-order valence-corrected chi connectivity index (χ4v) is 1.95. The molecule has 0 aliphatic carbocycles. The Morgan fingerprint density at radius 3 is 2.35 bits per heavy atom. The minimum atomic E-state index is -0.767. The Bertz CT molecular complexity index is 723. The van der Waals surface area contributed by atoms with Crippen molar-refractivity contribution < 1.29 is 28.9 Å². The van der Waals surface area contributed by atoms with Crippen LogP contribution in [-0.4, -0.2) is 37.7 Å². The van der Waals surface area contributed by atoms with Crippen molar-refractivity contribution in [1.29, 1.82) is 0 Å². The maximum Gasteiger partial charge on any atom is 0.342 e. The van der Waals surface area contributed by atoms with Crippen LogP contribution in [0.3, 0.4) is 0 Å². The highest BCUT2D eigenvalue weighted by atomic mass is 16.5. The van der Waals surface area contributed by atoms with Gasteiger partial charge in [-0.2, -0.15) is 0 Å². The maximum atomic E-state index is 12.1. The van der Waals surface area contributed by atoms with Gasteiger partial charge in [0.25, 0.3) is 0 Å². The minimum absolute atomic E-state index is 0.00705. The van der Waals surface area contributed by atoms with E-state index in [0.717, 1.165) is 0 Å². The van der Waals surface area contributed by atoms with Crippen LogP contribution in [0.5, 0.6) is 17.2 Å². The van der Waals surface area contributed by atoms with Gasteiger partial charge in [-0.05, 0) is 30.3 Å². The standard InChI is InChI=1S/C17H16O6/c1-21-15-8-7-11(9-16(15)22-2)14(19)10-23-17(20)12-5-3-4-6-13(12)18/h3-9,18H,10H2,1-2H3. The van der Waals surface area contributed by atoms with Crippen LogP contribution in [0.4, 0.5) is 0 Å². The molecule has 23 heavy (non-hydrogen) atoms. The number of carbonyl (C=O) groups is 2. The first kappa shape index (κ1) is 16.4. The Hall–Kier alpha value is -3.02. The van der Waals surface area contributed by atoms with E-state index in [1.807, 2.05) is 0 Å². The van der Waals surface area contributed by atoms with Crippen molar-refractivity contribution in [3.63, 3.8) is 0 Å². The summed E-state index contributed by atoms with van der Waals surface area (Å²) in [4.78, 5) is 23.9. The van der Waals surface area contributed by atoms with Gasteiger partial charge in [-0.3, -0.25) is 4.79 Å². The average Bonchev–Trinajstić information content (AvgIpc) is 2.59. The van der Waals surface area contributed by atoms with Gasteiger partial charge in [0, 0.05) is 5.56 Å². The molecule has 2 rings (SSSR count). The molecule has 0 aliphatic heterocycles. The lowest BCUT2D eigenvalue weighted by atomic mass is 10.1. The second kappa shape index (κ2) is 7.31. The van der Waals surface area contributed by atoms with Gasteiger partial charge < -0.3 is 19.3 Å². The number of Topliss-reactive ketones (excluding diaryl/α,β-unsaturated/α-hetero) is 1. The lowest BCUT2D eigenvalue weighted by Crippen LogP contribution is -2.14. The molecule has 2 aromatic carbocycles. The lowest BCUT2D eigenvalue weighted by molar-refractivity contribution is 0.0471. The first-order valence-corrected chi connectivity index (χ1v) is 6.77. The summed E-state index contributed by atoms with van der Waals surface area (Å²) < 4.78 is 15.1. The van der Waals surface area contributed by atoms with E-state index in [4.69, 9.17) is 14.2 Å². The molecule has 0 aromatic heterocycles. The summed E-state index contributed by atoms with van der Waals surface area (Å²) in [6.07, 6.45) is 0. The van der Waals surface area contributed by atoms with Crippen LogP contribution in [0.15, 0.2) is 42.5 Å². The van der Waals surface area contributed by atoms with Gasteiger partial charge in [0.05, 0.1) is 14.2 Å². The number of aromatic hydroxyl groups is 1. The lowest BCUT2D eigenvalue weighted by Gasteiger charge is -2.09. The number of esters is 1. The number of para-hydroxylation sites is 1. The van der Waals surface area contributed by atoms with Crippen LogP contribution in [0.25, 0.3) is 0 Å². The van der Waals surface area contributed by atoms with Crippen molar-refractivity contribution in [3.05, 3.63) is 53.6 Å². The summed E-state index contributed by atoms with van der Waals surface area (Å²) in [6, 6.07) is 10.6. The third-order valence-corrected chi connectivity index (χ3v) is 3.16. The first-order valence-electron chi connectivity index (χ1n) is 6.77. The molecular weight excluding hydrogens is 300 g/mol. The normalized spacial score (nSPS) is 10.0. The summed E-state index contributed by atoms with van der Waals surface area (Å²) in [5, 5.41) is 9.57. The smallest absolute Gasteiger partial charge is 0.342 e. The predicted octanol–water partition coefficient (Wildman–Crippen LogP) is 2.45. The van der Waals surface area contributed by atoms with Crippen molar-refractivity contribution in [2.24, 2.45) is 0 Å². The van der Waals surface area contributed by atoms with Crippen molar-refractivity contribution >= 4 is 11.8 Å². The zero-order valence-corrected chi connectivity index (χ0v) is 12.7. The molecule has 0 aliphatic rings. The second-order valence-electron chi connectivity index (χ2n) is 4.59. The van der Waals surface area contributed by atoms with Gasteiger partial charge in [0.1, 0.15) is 11.3 Å². The van der Waals surface area contributed by atoms with E-state index in [9.17, 15) is 14.7 Å². The highest BCUT2D eigenvalue weighted by Gasteiger charge is 2.16. The second-order valence-corrected chi connectivity index (χ2v) is 4.59. The number of benzene rings is 2. The molecular formula is C17H16O6. The fraction of sp³-hybridized carbons (Fsp3) is 0.176. The summed E-state index contributed by atoms with van der Waals surface area (Å²) in [5.74, 6) is -0.455. The molecule has 1 N–H and O–H groups in total. The highest BCUT2D eigenvalue weighted by molar-refractivity contribution is 6.00. The number of rotatable bonds is 6. The SMILES string of the molecule is COc1ccc(C(=O)COC(=O)c2ccccc2O)cc1OC. The van der Waals surface area contributed by atoms with E-state index in [-0.39, 0.29) is 11.3 Å². The van der Waals surface area contributed by atoms with Crippen LogP contribution in [0.2, 0.25) is 0 Å². The van der Waals surface area contributed by atoms with Crippen LogP contribution in [0.1, 0.15) is 20.7 Å². The molecule has 0 amide bonds. The van der Waals surface area contributed by atoms with E-state index in [1.54, 1.807) is 24.3 Å². The number of hydrogen-bond acceptors (Lipinski definition) is 6. The van der Waals surface area contributed by atoms with E-state index in [0.29, 0.717) is 17.1 Å². The van der Waals surface area contributed by atoms with E-state index >= 15 is 0 Å². The molecule has 0 radical (unpaired) electrons. The number of ketones is 1. The summed E-state index contributed by atoms with van der Waals surface area (Å²) in [7, 11) is 2.96. The monoisotopic (exact) mass is 316 g/mol. The van der Waals surface area contributed by atoms with Crippen LogP contribution < -0.4 is 9.47 Å². The summed E-state index contributed by atoms with van der Waals surface area (Å²) in [6.45, 7) is -0.442. The van der Waals surface area contributed by atoms with Crippen LogP contribution in [0, 0.1) is 0 Å². The highest BCUT2D eigenvalue weighted by Crippen LogP contribution is 2.27. The molecule has 120 valence electrons. The van der Waals surface area contributed by atoms with Crippen molar-refractivity contribution in [2.45, 2.75) is 0 Å². The Balaban J connectivity index is 2.05. The topological polar surface area (TPSA) is 82.1 Å². The molecule has 0 fully saturated rings. The number of carbonyl (C=O) groups excluding carboxylic acids is 2. The van der Waals surface area contributed by atoms with E-state index in [2.05, 4.69) is 0 Å². The van der Waals surface area contributed by atoms with Gasteiger partial charge >= 0.3 is 5.97 Å². The van der Waals surface area contributed by atoms with Crippen molar-refractivity contribution in [3.8, 4) is 17.2 Å². The number of hydrogen-bond donors (Lipinski definition) is 1. The molecule has 0 saturated heterocycles. The Morgan fingerprint density at radius 1 is 1.00 bits per heavy atom. The molecule has 0 bridgehead atoms. The molecule has 0 atom stereocenters. The summed E-state index contributed by atoms with van der Waals surface area (Å²) in [5.41, 5.74) is 0.334. The Morgan fingerprint density at radius 2 is 1.70 bits per heavy atom. The van der Waals surface area contributed by atoms with Crippen LogP contribution in [-0.2, 0) is 4.74 Å². The maximum absolute atomic E-state index is 12.1. The van der Waals surface area contributed by atoms with Gasteiger partial charge in [-0.15, -0.1) is 0 Å². The number of phenols is 1. The molecule has 0 saturated carbocycles. The van der Waals surface area contributed by atoms with Crippen molar-refractivity contribution in [2.75, 3.05) is 20.8 Å². The number of ether oxygens (including phenoxy) is 3. The van der Waals surface area contributed by atoms with E-state index in [1.165, 1.54) is 32.4 Å². The fourth-order valence-electron chi connectivity index (χ4n) is 1.95. The predicted molar refractivity (Wildman–Crippen MR) is 82.3 cm³/mol. The zero-order chi connectivity index (χ0) is 16.8. The molecule has 6 nitrogen and oxygen atoms in total. The molecule has 0 unspecified atom stereocenters. The molecule has 0 spiro atoms. The minimum Gasteiger partial charge on any atom is -0.507 e. The third-order valence-electron chi connectivity index (χ3n) is 3.16. The third kappa shape index (κ3) is 3.79. The molecule has 6 heteroatoms. The van der Waals surface area contributed by atoms with Gasteiger partial charge in [0.2, 0.25) is 0 Å². The summed E-state index contributed by atoms with van der Waals surface area (Å²) >= 11 is 0. The first-order chi connectivity index (χ1) is 11.1. The van der Waals surface area contributed by atoms with Crippen molar-refractivity contribution in [1.82, 2.24) is 0 Å². The zero-order valence-electron chi connectivity index (χ0n) is 12.7. The largest absolute Gasteiger partial charge is 0.507 e.